The largest absolute Gasteiger partial charge is 0.454 e. The number of piperidine rings is 1. The average molecular weight is 488 g/mol. The maximum Gasteiger partial charge on any atom is 0.331 e. The smallest absolute Gasteiger partial charge is 0.331 e. The number of esters is 1. The van der Waals surface area contributed by atoms with E-state index in [1.54, 1.807) is 32.1 Å². The summed E-state index contributed by atoms with van der Waals surface area (Å²) in [7, 11) is 1.54. The molecule has 1 saturated heterocycles. The van der Waals surface area contributed by atoms with Gasteiger partial charge in [-0.05, 0) is 43.8 Å². The fourth-order valence-corrected chi connectivity index (χ4v) is 4.29. The van der Waals surface area contributed by atoms with E-state index in [0.29, 0.717) is 24.8 Å². The Morgan fingerprint density at radius 1 is 1.23 bits per heavy atom. The molecule has 2 heterocycles. The number of aliphatic hydroxyl groups is 1. The number of allylic oxidation sites excluding steroid dienone is 4. The normalized spacial score (nSPS) is 28.3. The zero-order valence-corrected chi connectivity index (χ0v) is 20.9. The lowest BCUT2D eigenvalue weighted by Gasteiger charge is -2.27. The van der Waals surface area contributed by atoms with E-state index < -0.39 is 30.2 Å². The number of carbonyl (C=O) groups is 4. The van der Waals surface area contributed by atoms with Crippen LogP contribution in [0.5, 0.6) is 0 Å². The Hall–Kier alpha value is -2.84. The Morgan fingerprint density at radius 3 is 2.54 bits per heavy atom. The molecule has 2 amide bonds. The number of nitrogens with one attached hydrogen (secondary N) is 1. The Morgan fingerprint density at radius 2 is 1.89 bits per heavy atom. The van der Waals surface area contributed by atoms with E-state index in [9.17, 15) is 24.3 Å². The molecular formula is C27H37NO7. The third kappa shape index (κ3) is 9.03. The van der Waals surface area contributed by atoms with Crippen molar-refractivity contribution < 1.29 is 33.8 Å². The number of ether oxygens (including phenoxy) is 2. The SMILES string of the molecule is CO[C@H]1C=CCCC=CC(=O)O[C@@H]([C@@H](C)C(=O)C=CCC2CC(=O)NC(=O)C2)C(C)=C[C@H](C)[C@H]1O. The number of ketones is 1. The number of cyclic esters (lactones) is 1. The molecule has 8 heteroatoms. The highest BCUT2D eigenvalue weighted by Crippen LogP contribution is 2.24. The van der Waals surface area contributed by atoms with Crippen molar-refractivity contribution in [3.8, 4) is 0 Å². The Bertz CT molecular complexity index is 885. The van der Waals surface area contributed by atoms with E-state index in [0.717, 1.165) is 0 Å². The molecule has 0 radical (unpaired) electrons. The molecule has 0 unspecified atom stereocenters. The van der Waals surface area contributed by atoms with Crippen LogP contribution in [-0.4, -0.2) is 54.1 Å². The molecule has 0 aliphatic carbocycles. The molecule has 2 N–H and O–H groups in total. The van der Waals surface area contributed by atoms with E-state index in [4.69, 9.17) is 9.47 Å². The van der Waals surface area contributed by atoms with E-state index in [2.05, 4.69) is 5.32 Å². The fraction of sp³-hybridized carbons (Fsp3) is 0.556. The molecule has 2 aliphatic heterocycles. The minimum atomic E-state index is -0.819. The van der Waals surface area contributed by atoms with Gasteiger partial charge in [-0.3, -0.25) is 19.7 Å². The topological polar surface area (TPSA) is 119 Å². The van der Waals surface area contributed by atoms with E-state index >= 15 is 0 Å². The van der Waals surface area contributed by atoms with Crippen molar-refractivity contribution in [2.75, 3.05) is 7.11 Å². The van der Waals surface area contributed by atoms with Crippen molar-refractivity contribution in [3.05, 3.63) is 48.1 Å². The molecule has 0 aromatic rings. The average Bonchev–Trinajstić information content (AvgIpc) is 2.79. The third-order valence-electron chi connectivity index (χ3n) is 6.33. The zero-order valence-electron chi connectivity index (χ0n) is 20.9. The minimum absolute atomic E-state index is 0.139. The number of carbonyl (C=O) groups excluding carboxylic acids is 4. The Balaban J connectivity index is 2.19. The first kappa shape index (κ1) is 28.4. The fourth-order valence-electron chi connectivity index (χ4n) is 4.29. The molecule has 2 aliphatic rings. The number of rotatable bonds is 6. The molecule has 2 rings (SSSR count). The van der Waals surface area contributed by atoms with Gasteiger partial charge in [0.25, 0.3) is 0 Å². The molecule has 1 fully saturated rings. The third-order valence-corrected chi connectivity index (χ3v) is 6.33. The molecule has 5 atom stereocenters. The molecule has 0 aromatic carbocycles. The van der Waals surface area contributed by atoms with Gasteiger partial charge in [0.2, 0.25) is 11.8 Å². The quantitative estimate of drug-likeness (QED) is 0.256. The van der Waals surface area contributed by atoms with Crippen LogP contribution in [0.25, 0.3) is 0 Å². The number of imide groups is 1. The van der Waals surface area contributed by atoms with Crippen LogP contribution in [0.4, 0.5) is 0 Å². The molecule has 8 nitrogen and oxygen atoms in total. The second-order valence-electron chi connectivity index (χ2n) is 9.30. The summed E-state index contributed by atoms with van der Waals surface area (Å²) in [5.74, 6) is -2.52. The predicted octanol–water partition coefficient (Wildman–Crippen LogP) is 2.97. The first-order valence-electron chi connectivity index (χ1n) is 12.1. The zero-order chi connectivity index (χ0) is 26.0. The number of amides is 2. The second-order valence-corrected chi connectivity index (χ2v) is 9.30. The lowest BCUT2D eigenvalue weighted by Crippen LogP contribution is -2.38. The summed E-state index contributed by atoms with van der Waals surface area (Å²) in [5, 5.41) is 13.0. The first-order chi connectivity index (χ1) is 16.6. The van der Waals surface area contributed by atoms with Gasteiger partial charge in [0.1, 0.15) is 12.2 Å². The van der Waals surface area contributed by atoms with Gasteiger partial charge >= 0.3 is 5.97 Å². The molecule has 0 bridgehead atoms. The van der Waals surface area contributed by atoms with Crippen LogP contribution in [0.15, 0.2) is 48.1 Å². The molecule has 35 heavy (non-hydrogen) atoms. The minimum Gasteiger partial charge on any atom is -0.454 e. The lowest BCUT2D eigenvalue weighted by molar-refractivity contribution is -0.145. The van der Waals surface area contributed by atoms with Gasteiger partial charge in [0, 0.05) is 31.9 Å². The van der Waals surface area contributed by atoms with Gasteiger partial charge in [-0.25, -0.2) is 4.79 Å². The van der Waals surface area contributed by atoms with Crippen molar-refractivity contribution in [1.29, 1.82) is 0 Å². The molecule has 192 valence electrons. The summed E-state index contributed by atoms with van der Waals surface area (Å²) >= 11 is 0. The number of aliphatic hydroxyl groups excluding tert-OH is 1. The van der Waals surface area contributed by atoms with Gasteiger partial charge in [0.05, 0.1) is 12.0 Å². The predicted molar refractivity (Wildman–Crippen MR) is 131 cm³/mol. The summed E-state index contributed by atoms with van der Waals surface area (Å²) in [6.07, 6.45) is 11.8. The van der Waals surface area contributed by atoms with E-state index in [1.165, 1.54) is 19.3 Å². The molecular weight excluding hydrogens is 450 g/mol. The van der Waals surface area contributed by atoms with Crippen LogP contribution in [0.1, 0.15) is 52.9 Å². The monoisotopic (exact) mass is 487 g/mol. The van der Waals surface area contributed by atoms with Gasteiger partial charge in [-0.15, -0.1) is 0 Å². The first-order valence-corrected chi connectivity index (χ1v) is 12.1. The van der Waals surface area contributed by atoms with Crippen molar-refractivity contribution >= 4 is 23.6 Å². The number of hydrogen-bond donors (Lipinski definition) is 2. The standard InChI is InChI=1S/C27H37NO7/c1-17-14-18(2)27(35-25(32)13-8-6-5-7-12-22(34-4)26(17)33)19(3)21(29)11-9-10-20-15-23(30)28-24(31)16-20/h7-9,11-14,17,19-20,22,26-27,33H,5-6,10,15-16H2,1-4H3,(H,28,30,31)/t17-,19-,22-,26+,27+/m0/s1. The molecule has 0 saturated carbocycles. The summed E-state index contributed by atoms with van der Waals surface area (Å²) in [6.45, 7) is 5.30. The Kier molecular flexibility index (Phi) is 11.3. The highest BCUT2D eigenvalue weighted by Gasteiger charge is 2.30. The van der Waals surface area contributed by atoms with Gasteiger partial charge in [-0.2, -0.15) is 0 Å². The van der Waals surface area contributed by atoms with Crippen LogP contribution in [-0.2, 0) is 28.7 Å². The van der Waals surface area contributed by atoms with Crippen LogP contribution < -0.4 is 5.32 Å². The molecule has 0 spiro atoms. The van der Waals surface area contributed by atoms with Crippen molar-refractivity contribution in [2.24, 2.45) is 17.8 Å². The van der Waals surface area contributed by atoms with Crippen LogP contribution in [0, 0.1) is 17.8 Å². The van der Waals surface area contributed by atoms with Gasteiger partial charge < -0.3 is 14.6 Å². The van der Waals surface area contributed by atoms with Crippen LogP contribution in [0.2, 0.25) is 0 Å². The maximum absolute atomic E-state index is 12.9. The van der Waals surface area contributed by atoms with E-state index in [-0.39, 0.29) is 42.3 Å². The van der Waals surface area contributed by atoms with Crippen molar-refractivity contribution in [3.63, 3.8) is 0 Å². The van der Waals surface area contributed by atoms with Crippen LogP contribution >= 0.6 is 0 Å². The highest BCUT2D eigenvalue weighted by molar-refractivity contribution is 5.97. The maximum atomic E-state index is 12.9. The summed E-state index contributed by atoms with van der Waals surface area (Å²) in [4.78, 5) is 48.5. The van der Waals surface area contributed by atoms with Crippen LogP contribution in [0.3, 0.4) is 0 Å². The number of methoxy groups -OCH3 is 1. The molecule has 0 aromatic heterocycles. The Labute approximate surface area is 207 Å². The second kappa shape index (κ2) is 13.9. The summed E-state index contributed by atoms with van der Waals surface area (Å²) in [5.41, 5.74) is 0.651. The van der Waals surface area contributed by atoms with Crippen molar-refractivity contribution in [2.45, 2.75) is 71.2 Å². The van der Waals surface area contributed by atoms with Crippen molar-refractivity contribution in [1.82, 2.24) is 5.32 Å². The number of hydrogen-bond acceptors (Lipinski definition) is 7. The van der Waals surface area contributed by atoms with Gasteiger partial charge in [0.15, 0.2) is 5.78 Å². The summed E-state index contributed by atoms with van der Waals surface area (Å²) in [6, 6.07) is 0. The highest BCUT2D eigenvalue weighted by atomic mass is 16.5. The van der Waals surface area contributed by atoms with E-state index in [1.807, 2.05) is 19.1 Å². The lowest BCUT2D eigenvalue weighted by atomic mass is 9.89. The van der Waals surface area contributed by atoms with Gasteiger partial charge in [-0.1, -0.05) is 44.2 Å². The summed E-state index contributed by atoms with van der Waals surface area (Å²) < 4.78 is 11.1.